The topological polar surface area (TPSA) is 51.0 Å². The number of rotatable bonds is 4. The van der Waals surface area contributed by atoms with Crippen LogP contribution in [0.5, 0.6) is 0 Å². The number of hydrogen-bond donors (Lipinski definition) is 1. The smallest absolute Gasteiger partial charge is 0.248 e. The molecule has 0 aliphatic heterocycles. The monoisotopic (exact) mass is 269 g/mol. The first-order chi connectivity index (χ1) is 9.79. The van der Waals surface area contributed by atoms with Crippen molar-refractivity contribution in [2.75, 3.05) is 5.32 Å². The summed E-state index contributed by atoms with van der Waals surface area (Å²) in [7, 11) is 0. The normalized spacial score (nSPS) is 18.9. The molecule has 4 heteroatoms. The lowest BCUT2D eigenvalue weighted by molar-refractivity contribution is 0.363. The predicted octanol–water partition coefficient (Wildman–Crippen LogP) is 3.61. The largest absolute Gasteiger partial charge is 0.374 e. The van der Waals surface area contributed by atoms with E-state index < -0.39 is 0 Å². The van der Waals surface area contributed by atoms with Crippen LogP contribution in [-0.2, 0) is 12.8 Å². The fourth-order valence-electron chi connectivity index (χ4n) is 2.90. The third kappa shape index (κ3) is 2.19. The van der Waals surface area contributed by atoms with Gasteiger partial charge in [0.1, 0.15) is 6.04 Å². The summed E-state index contributed by atoms with van der Waals surface area (Å²) in [4.78, 5) is 4.50. The van der Waals surface area contributed by atoms with Crippen molar-refractivity contribution >= 4 is 5.69 Å². The van der Waals surface area contributed by atoms with E-state index in [0.717, 1.165) is 11.5 Å². The Morgan fingerprint density at radius 2 is 2.10 bits per heavy atom. The van der Waals surface area contributed by atoms with E-state index in [0.29, 0.717) is 11.8 Å². The molecule has 1 heterocycles. The molecule has 0 saturated heterocycles. The van der Waals surface area contributed by atoms with Crippen molar-refractivity contribution in [3.8, 4) is 0 Å². The van der Waals surface area contributed by atoms with Crippen LogP contribution in [0.25, 0.3) is 0 Å². The number of fused-ring (bicyclic) bond motifs is 1. The van der Waals surface area contributed by atoms with Gasteiger partial charge in [-0.05, 0) is 62.3 Å². The van der Waals surface area contributed by atoms with Gasteiger partial charge in [0, 0.05) is 11.6 Å². The Bertz CT molecular complexity index is 630. The second-order valence-electron chi connectivity index (χ2n) is 5.97. The van der Waals surface area contributed by atoms with E-state index in [1.54, 1.807) is 0 Å². The Morgan fingerprint density at radius 3 is 2.95 bits per heavy atom. The Hall–Kier alpha value is -1.84. The highest BCUT2D eigenvalue weighted by molar-refractivity contribution is 5.50. The number of nitrogens with zero attached hydrogens (tertiary/aromatic N) is 2. The van der Waals surface area contributed by atoms with Gasteiger partial charge < -0.3 is 9.84 Å². The van der Waals surface area contributed by atoms with Crippen LogP contribution in [0.3, 0.4) is 0 Å². The predicted molar refractivity (Wildman–Crippen MR) is 76.8 cm³/mol. The minimum Gasteiger partial charge on any atom is -0.374 e. The van der Waals surface area contributed by atoms with Gasteiger partial charge in [-0.3, -0.25) is 0 Å². The minimum absolute atomic E-state index is 0.0504. The summed E-state index contributed by atoms with van der Waals surface area (Å²) in [5, 5.41) is 7.54. The quantitative estimate of drug-likeness (QED) is 0.921. The van der Waals surface area contributed by atoms with Crippen molar-refractivity contribution in [1.29, 1.82) is 0 Å². The maximum atomic E-state index is 5.37. The van der Waals surface area contributed by atoms with E-state index in [1.807, 2.05) is 0 Å². The molecule has 0 amide bonds. The van der Waals surface area contributed by atoms with Gasteiger partial charge in [-0.1, -0.05) is 11.2 Å². The molecule has 20 heavy (non-hydrogen) atoms. The lowest BCUT2D eigenvalue weighted by Crippen LogP contribution is -2.07. The number of aryl methyl sites for hydroxylation is 2. The maximum absolute atomic E-state index is 5.37. The first-order valence-electron chi connectivity index (χ1n) is 7.51. The first kappa shape index (κ1) is 11.9. The minimum atomic E-state index is 0.0504. The SMILES string of the molecule is C[C@H](Nc1ccc2c(c1)CCC2)c1nc(C2CC2)no1. The number of aromatic nitrogens is 2. The van der Waals surface area contributed by atoms with E-state index in [1.165, 1.54) is 43.2 Å². The van der Waals surface area contributed by atoms with Gasteiger partial charge in [-0.2, -0.15) is 4.98 Å². The molecule has 0 bridgehead atoms. The zero-order valence-corrected chi connectivity index (χ0v) is 11.7. The zero-order chi connectivity index (χ0) is 13.5. The van der Waals surface area contributed by atoms with Gasteiger partial charge >= 0.3 is 0 Å². The Morgan fingerprint density at radius 1 is 1.25 bits per heavy atom. The van der Waals surface area contributed by atoms with Crippen LogP contribution in [0, 0.1) is 0 Å². The fourth-order valence-corrected chi connectivity index (χ4v) is 2.90. The van der Waals surface area contributed by atoms with Gasteiger partial charge in [0.15, 0.2) is 5.82 Å². The molecule has 1 aromatic heterocycles. The van der Waals surface area contributed by atoms with Gasteiger partial charge in [0.2, 0.25) is 5.89 Å². The molecule has 1 aromatic carbocycles. The van der Waals surface area contributed by atoms with Crippen molar-refractivity contribution in [3.05, 3.63) is 41.0 Å². The number of benzene rings is 1. The molecule has 1 atom stereocenters. The summed E-state index contributed by atoms with van der Waals surface area (Å²) >= 11 is 0. The van der Waals surface area contributed by atoms with E-state index >= 15 is 0 Å². The molecule has 1 N–H and O–H groups in total. The zero-order valence-electron chi connectivity index (χ0n) is 11.7. The molecular formula is C16H19N3O. The van der Waals surface area contributed by atoms with Crippen LogP contribution < -0.4 is 5.32 Å². The summed E-state index contributed by atoms with van der Waals surface area (Å²) in [5.41, 5.74) is 4.12. The van der Waals surface area contributed by atoms with Crippen molar-refractivity contribution in [1.82, 2.24) is 10.1 Å². The van der Waals surface area contributed by atoms with E-state index in [9.17, 15) is 0 Å². The van der Waals surface area contributed by atoms with Crippen LogP contribution in [0.15, 0.2) is 22.7 Å². The van der Waals surface area contributed by atoms with Crippen LogP contribution >= 0.6 is 0 Å². The van der Waals surface area contributed by atoms with Crippen molar-refractivity contribution in [3.63, 3.8) is 0 Å². The standard InChI is InChI=1S/C16H19N3O/c1-10(16-18-15(19-20-16)12-5-6-12)17-14-8-7-11-3-2-4-13(11)9-14/h7-10,12,17H,2-6H2,1H3/t10-/m0/s1. The van der Waals surface area contributed by atoms with Crippen LogP contribution in [-0.4, -0.2) is 10.1 Å². The van der Waals surface area contributed by atoms with Crippen molar-refractivity contribution < 1.29 is 4.52 Å². The summed E-state index contributed by atoms with van der Waals surface area (Å²) in [6.07, 6.45) is 6.10. The molecule has 0 spiro atoms. The van der Waals surface area contributed by atoms with E-state index in [2.05, 4.69) is 40.6 Å². The average Bonchev–Trinajstić information content (AvgIpc) is 3.01. The first-order valence-corrected chi connectivity index (χ1v) is 7.51. The number of anilines is 1. The molecule has 2 aliphatic rings. The molecule has 1 fully saturated rings. The molecule has 2 aromatic rings. The third-order valence-corrected chi connectivity index (χ3v) is 4.25. The average molecular weight is 269 g/mol. The third-order valence-electron chi connectivity index (χ3n) is 4.25. The van der Waals surface area contributed by atoms with Crippen molar-refractivity contribution in [2.24, 2.45) is 0 Å². The lowest BCUT2D eigenvalue weighted by Gasteiger charge is -2.12. The summed E-state index contributed by atoms with van der Waals surface area (Å²) in [6.45, 7) is 2.07. The maximum Gasteiger partial charge on any atom is 0.248 e. The lowest BCUT2D eigenvalue weighted by atomic mass is 10.1. The van der Waals surface area contributed by atoms with Crippen LogP contribution in [0.4, 0.5) is 5.69 Å². The van der Waals surface area contributed by atoms with Crippen LogP contribution in [0.1, 0.15) is 61.0 Å². The van der Waals surface area contributed by atoms with Crippen LogP contribution in [0.2, 0.25) is 0 Å². The van der Waals surface area contributed by atoms with E-state index in [4.69, 9.17) is 4.52 Å². The number of hydrogen-bond acceptors (Lipinski definition) is 4. The van der Waals surface area contributed by atoms with Gasteiger partial charge in [-0.15, -0.1) is 0 Å². The molecule has 104 valence electrons. The second-order valence-corrected chi connectivity index (χ2v) is 5.97. The molecule has 2 aliphatic carbocycles. The summed E-state index contributed by atoms with van der Waals surface area (Å²) < 4.78 is 5.37. The number of nitrogens with one attached hydrogen (secondary N) is 1. The molecule has 0 unspecified atom stereocenters. The Balaban J connectivity index is 1.49. The fraction of sp³-hybridized carbons (Fsp3) is 0.500. The molecule has 4 nitrogen and oxygen atoms in total. The Labute approximate surface area is 118 Å². The van der Waals surface area contributed by atoms with E-state index in [-0.39, 0.29) is 6.04 Å². The van der Waals surface area contributed by atoms with Crippen molar-refractivity contribution in [2.45, 2.75) is 51.0 Å². The summed E-state index contributed by atoms with van der Waals surface area (Å²) in [5.74, 6) is 2.11. The van der Waals surface area contributed by atoms with Gasteiger partial charge in [0.05, 0.1) is 0 Å². The highest BCUT2D eigenvalue weighted by Gasteiger charge is 2.29. The van der Waals surface area contributed by atoms with Gasteiger partial charge in [-0.25, -0.2) is 0 Å². The molecule has 1 saturated carbocycles. The molecular weight excluding hydrogens is 250 g/mol. The second kappa shape index (κ2) is 4.62. The summed E-state index contributed by atoms with van der Waals surface area (Å²) in [6, 6.07) is 6.70. The Kier molecular flexibility index (Phi) is 2.76. The highest BCUT2D eigenvalue weighted by Crippen LogP contribution is 2.38. The molecule has 4 rings (SSSR count). The molecule has 0 radical (unpaired) electrons. The van der Waals surface area contributed by atoms with Gasteiger partial charge in [0.25, 0.3) is 0 Å². The highest BCUT2D eigenvalue weighted by atomic mass is 16.5.